The van der Waals surface area contributed by atoms with Crippen molar-refractivity contribution < 1.29 is 9.47 Å². The van der Waals surface area contributed by atoms with Gasteiger partial charge in [0.1, 0.15) is 11.5 Å². The van der Waals surface area contributed by atoms with Gasteiger partial charge < -0.3 is 14.8 Å². The van der Waals surface area contributed by atoms with Crippen molar-refractivity contribution in [2.75, 3.05) is 20.3 Å². The molecule has 2 aromatic rings. The van der Waals surface area contributed by atoms with E-state index in [1.54, 1.807) is 7.11 Å². The van der Waals surface area contributed by atoms with Crippen molar-refractivity contribution in [1.29, 1.82) is 0 Å². The van der Waals surface area contributed by atoms with Gasteiger partial charge in [-0.2, -0.15) is 0 Å². The lowest BCUT2D eigenvalue weighted by Gasteiger charge is -2.09. The molecule has 1 N–H and O–H groups in total. The smallest absolute Gasteiger partial charge is 0.146 e. The number of rotatable bonds is 7. The number of benzene rings is 2. The Morgan fingerprint density at radius 2 is 1.86 bits per heavy atom. The average molecular weight is 306 g/mol. The van der Waals surface area contributed by atoms with Gasteiger partial charge in [-0.1, -0.05) is 29.8 Å². The second-order valence-corrected chi connectivity index (χ2v) is 5.26. The molecular weight excluding hydrogens is 286 g/mol. The molecule has 0 atom stereocenters. The van der Waals surface area contributed by atoms with Crippen LogP contribution in [0.4, 0.5) is 0 Å². The summed E-state index contributed by atoms with van der Waals surface area (Å²) < 4.78 is 10.8. The zero-order valence-corrected chi connectivity index (χ0v) is 13.1. The van der Waals surface area contributed by atoms with Crippen LogP contribution in [0.2, 0.25) is 5.02 Å². The van der Waals surface area contributed by atoms with E-state index < -0.39 is 0 Å². The molecule has 4 heteroatoms. The van der Waals surface area contributed by atoms with Crippen molar-refractivity contribution in [3.05, 3.63) is 58.6 Å². The number of hydrogen-bond donors (Lipinski definition) is 1. The first-order valence-electron chi connectivity index (χ1n) is 6.91. The largest absolute Gasteiger partial charge is 0.456 e. The topological polar surface area (TPSA) is 30.5 Å². The molecule has 0 aliphatic carbocycles. The van der Waals surface area contributed by atoms with E-state index >= 15 is 0 Å². The van der Waals surface area contributed by atoms with Gasteiger partial charge in [0.15, 0.2) is 0 Å². The van der Waals surface area contributed by atoms with E-state index in [1.807, 2.05) is 49.4 Å². The van der Waals surface area contributed by atoms with E-state index in [1.165, 1.54) is 5.56 Å². The van der Waals surface area contributed by atoms with Crippen LogP contribution in [-0.2, 0) is 11.3 Å². The van der Waals surface area contributed by atoms with E-state index in [-0.39, 0.29) is 0 Å². The van der Waals surface area contributed by atoms with Crippen LogP contribution in [0.5, 0.6) is 11.5 Å². The van der Waals surface area contributed by atoms with E-state index in [2.05, 4.69) is 5.32 Å². The first-order chi connectivity index (χ1) is 10.2. The van der Waals surface area contributed by atoms with E-state index in [0.717, 1.165) is 24.4 Å². The predicted molar refractivity (Wildman–Crippen MR) is 86.3 cm³/mol. The van der Waals surface area contributed by atoms with Gasteiger partial charge in [0.25, 0.3) is 0 Å². The van der Waals surface area contributed by atoms with Crippen LogP contribution >= 0.6 is 11.6 Å². The maximum atomic E-state index is 6.13. The summed E-state index contributed by atoms with van der Waals surface area (Å²) in [5.41, 5.74) is 2.32. The van der Waals surface area contributed by atoms with Gasteiger partial charge in [-0.15, -0.1) is 0 Å². The summed E-state index contributed by atoms with van der Waals surface area (Å²) in [6.45, 7) is 4.38. The summed E-state index contributed by atoms with van der Waals surface area (Å²) in [6, 6.07) is 13.7. The SMILES string of the molecule is COCCNCc1ccc(Oc2cc(C)ccc2Cl)cc1. The van der Waals surface area contributed by atoms with Crippen molar-refractivity contribution in [2.45, 2.75) is 13.5 Å². The molecule has 0 bridgehead atoms. The summed E-state index contributed by atoms with van der Waals surface area (Å²) in [6.07, 6.45) is 0. The molecule has 0 aliphatic rings. The van der Waals surface area contributed by atoms with E-state index in [9.17, 15) is 0 Å². The summed E-state index contributed by atoms with van der Waals surface area (Å²) in [5.74, 6) is 1.46. The highest BCUT2D eigenvalue weighted by atomic mass is 35.5. The lowest BCUT2D eigenvalue weighted by Crippen LogP contribution is -2.18. The molecule has 2 aromatic carbocycles. The van der Waals surface area contributed by atoms with Crippen LogP contribution in [0.1, 0.15) is 11.1 Å². The Hall–Kier alpha value is -1.55. The molecule has 0 aliphatic heterocycles. The van der Waals surface area contributed by atoms with Crippen molar-refractivity contribution in [3.8, 4) is 11.5 Å². The highest BCUT2D eigenvalue weighted by Gasteiger charge is 2.03. The van der Waals surface area contributed by atoms with E-state index in [4.69, 9.17) is 21.1 Å². The molecule has 0 radical (unpaired) electrons. The Labute approximate surface area is 130 Å². The van der Waals surface area contributed by atoms with Crippen molar-refractivity contribution in [3.63, 3.8) is 0 Å². The third-order valence-electron chi connectivity index (χ3n) is 3.05. The minimum Gasteiger partial charge on any atom is -0.456 e. The minimum atomic E-state index is 0.617. The Balaban J connectivity index is 1.94. The Bertz CT molecular complexity index is 570. The normalized spacial score (nSPS) is 10.6. The minimum absolute atomic E-state index is 0.617. The molecule has 0 aromatic heterocycles. The number of halogens is 1. The van der Waals surface area contributed by atoms with Crippen LogP contribution in [0.3, 0.4) is 0 Å². The molecule has 0 fully saturated rings. The van der Waals surface area contributed by atoms with Gasteiger partial charge in [-0.3, -0.25) is 0 Å². The molecular formula is C17H20ClNO2. The van der Waals surface area contributed by atoms with Crippen molar-refractivity contribution in [2.24, 2.45) is 0 Å². The van der Waals surface area contributed by atoms with Crippen LogP contribution in [-0.4, -0.2) is 20.3 Å². The number of ether oxygens (including phenoxy) is 2. The average Bonchev–Trinajstić information content (AvgIpc) is 2.49. The Morgan fingerprint density at radius 1 is 1.10 bits per heavy atom. The lowest BCUT2D eigenvalue weighted by atomic mass is 10.2. The second-order valence-electron chi connectivity index (χ2n) is 4.85. The van der Waals surface area contributed by atoms with Crippen molar-refractivity contribution in [1.82, 2.24) is 5.32 Å². The maximum absolute atomic E-state index is 6.13. The predicted octanol–water partition coefficient (Wildman–Crippen LogP) is 4.18. The van der Waals surface area contributed by atoms with Crippen LogP contribution in [0, 0.1) is 6.92 Å². The summed E-state index contributed by atoms with van der Waals surface area (Å²) in [5, 5.41) is 3.92. The van der Waals surface area contributed by atoms with Gasteiger partial charge in [-0.25, -0.2) is 0 Å². The number of hydrogen-bond acceptors (Lipinski definition) is 3. The van der Waals surface area contributed by atoms with Gasteiger partial charge in [-0.05, 0) is 42.3 Å². The standard InChI is InChI=1S/C17H20ClNO2/c1-13-3-8-16(18)17(11-13)21-15-6-4-14(5-7-15)12-19-9-10-20-2/h3-8,11,19H,9-10,12H2,1-2H3. The maximum Gasteiger partial charge on any atom is 0.146 e. The second kappa shape index (κ2) is 8.03. The highest BCUT2D eigenvalue weighted by Crippen LogP contribution is 2.30. The Kier molecular flexibility index (Phi) is 6.05. The third kappa shape index (κ3) is 5.05. The summed E-state index contributed by atoms with van der Waals surface area (Å²) >= 11 is 6.13. The first kappa shape index (κ1) is 15.8. The van der Waals surface area contributed by atoms with Crippen molar-refractivity contribution >= 4 is 11.6 Å². The van der Waals surface area contributed by atoms with Gasteiger partial charge >= 0.3 is 0 Å². The molecule has 2 rings (SSSR count). The summed E-state index contributed by atoms with van der Waals surface area (Å²) in [7, 11) is 1.70. The zero-order chi connectivity index (χ0) is 15.1. The molecule has 0 spiro atoms. The molecule has 0 heterocycles. The first-order valence-corrected chi connectivity index (χ1v) is 7.29. The fraction of sp³-hybridized carbons (Fsp3) is 0.294. The zero-order valence-electron chi connectivity index (χ0n) is 12.4. The number of nitrogens with one attached hydrogen (secondary N) is 1. The highest BCUT2D eigenvalue weighted by molar-refractivity contribution is 6.32. The summed E-state index contributed by atoms with van der Waals surface area (Å²) in [4.78, 5) is 0. The quantitative estimate of drug-likeness (QED) is 0.779. The number of methoxy groups -OCH3 is 1. The number of aryl methyl sites for hydroxylation is 1. The third-order valence-corrected chi connectivity index (χ3v) is 3.36. The fourth-order valence-corrected chi connectivity index (χ4v) is 2.05. The molecule has 112 valence electrons. The van der Waals surface area contributed by atoms with Gasteiger partial charge in [0, 0.05) is 20.2 Å². The molecule has 0 unspecified atom stereocenters. The van der Waals surface area contributed by atoms with Gasteiger partial charge in [0.2, 0.25) is 0 Å². The fourth-order valence-electron chi connectivity index (χ4n) is 1.90. The monoisotopic (exact) mass is 305 g/mol. The molecule has 3 nitrogen and oxygen atoms in total. The molecule has 0 saturated carbocycles. The Morgan fingerprint density at radius 3 is 2.57 bits per heavy atom. The van der Waals surface area contributed by atoms with Crippen LogP contribution in [0.25, 0.3) is 0 Å². The van der Waals surface area contributed by atoms with Gasteiger partial charge in [0.05, 0.1) is 11.6 Å². The molecule has 0 saturated heterocycles. The van der Waals surface area contributed by atoms with Crippen LogP contribution in [0.15, 0.2) is 42.5 Å². The lowest BCUT2D eigenvalue weighted by molar-refractivity contribution is 0.199. The molecule has 21 heavy (non-hydrogen) atoms. The van der Waals surface area contributed by atoms with Crippen LogP contribution < -0.4 is 10.1 Å². The molecule has 0 amide bonds. The van der Waals surface area contributed by atoms with E-state index in [0.29, 0.717) is 17.4 Å².